The maximum atomic E-state index is 11.7. The third kappa shape index (κ3) is 2.26. The molecular weight excluding hydrogens is 190 g/mol. The normalized spacial score (nSPS) is 10.5. The Morgan fingerprint density at radius 1 is 1.47 bits per heavy atom. The molecule has 1 rings (SSSR count). The zero-order chi connectivity index (χ0) is 11.6. The summed E-state index contributed by atoms with van der Waals surface area (Å²) < 4.78 is 0. The molecule has 1 aromatic heterocycles. The molecule has 4 nitrogen and oxygen atoms in total. The molecule has 1 aromatic rings. The van der Waals surface area contributed by atoms with Crippen molar-refractivity contribution in [1.29, 1.82) is 0 Å². The van der Waals surface area contributed by atoms with Crippen LogP contribution in [0.2, 0.25) is 0 Å². The van der Waals surface area contributed by atoms with Gasteiger partial charge in [0.15, 0.2) is 5.69 Å². The van der Waals surface area contributed by atoms with E-state index in [4.69, 9.17) is 5.73 Å². The highest BCUT2D eigenvalue weighted by atomic mass is 16.2. The van der Waals surface area contributed by atoms with Crippen LogP contribution < -0.4 is 5.73 Å². The summed E-state index contributed by atoms with van der Waals surface area (Å²) >= 11 is 0. The number of hydrogen-bond donors (Lipinski definition) is 1. The van der Waals surface area contributed by atoms with Crippen LogP contribution in [0.1, 0.15) is 35.8 Å². The zero-order valence-corrected chi connectivity index (χ0v) is 9.61. The van der Waals surface area contributed by atoms with Gasteiger partial charge in [-0.05, 0) is 17.5 Å². The Kier molecular flexibility index (Phi) is 3.29. The lowest BCUT2D eigenvalue weighted by Crippen LogP contribution is -2.24. The second kappa shape index (κ2) is 4.29. The van der Waals surface area contributed by atoms with E-state index in [0.29, 0.717) is 17.3 Å². The van der Waals surface area contributed by atoms with Gasteiger partial charge in [0.25, 0.3) is 5.91 Å². The van der Waals surface area contributed by atoms with Crippen LogP contribution in [0.25, 0.3) is 0 Å². The van der Waals surface area contributed by atoms with Crippen molar-refractivity contribution < 1.29 is 4.79 Å². The average Bonchev–Trinajstić information content (AvgIpc) is 2.16. The Morgan fingerprint density at radius 2 is 2.07 bits per heavy atom. The van der Waals surface area contributed by atoms with E-state index in [1.54, 1.807) is 20.3 Å². The molecule has 15 heavy (non-hydrogen) atoms. The third-order valence-electron chi connectivity index (χ3n) is 2.25. The number of nitrogen functional groups attached to an aromatic ring is 1. The largest absolute Gasteiger partial charge is 0.397 e. The number of rotatable bonds is 2. The second-order valence-electron chi connectivity index (χ2n) is 4.02. The Hall–Kier alpha value is -1.58. The molecule has 0 spiro atoms. The summed E-state index contributed by atoms with van der Waals surface area (Å²) in [6.45, 7) is 4.07. The lowest BCUT2D eigenvalue weighted by molar-refractivity contribution is 0.0823. The number of anilines is 1. The van der Waals surface area contributed by atoms with Crippen molar-refractivity contribution in [3.63, 3.8) is 0 Å². The maximum Gasteiger partial charge on any atom is 0.274 e. The van der Waals surface area contributed by atoms with Gasteiger partial charge in [0.2, 0.25) is 0 Å². The van der Waals surface area contributed by atoms with Gasteiger partial charge < -0.3 is 10.6 Å². The highest BCUT2D eigenvalue weighted by Gasteiger charge is 2.16. The summed E-state index contributed by atoms with van der Waals surface area (Å²) in [4.78, 5) is 17.2. The Morgan fingerprint density at radius 3 is 2.53 bits per heavy atom. The molecule has 0 bridgehead atoms. The summed E-state index contributed by atoms with van der Waals surface area (Å²) in [7, 11) is 3.37. The first-order valence-electron chi connectivity index (χ1n) is 4.91. The monoisotopic (exact) mass is 207 g/mol. The molecule has 0 aliphatic carbocycles. The third-order valence-corrected chi connectivity index (χ3v) is 2.25. The molecule has 0 unspecified atom stereocenters. The fraction of sp³-hybridized carbons (Fsp3) is 0.455. The average molecular weight is 207 g/mol. The first-order valence-corrected chi connectivity index (χ1v) is 4.91. The van der Waals surface area contributed by atoms with E-state index in [0.717, 1.165) is 5.56 Å². The fourth-order valence-corrected chi connectivity index (χ4v) is 1.37. The van der Waals surface area contributed by atoms with E-state index in [1.165, 1.54) is 4.90 Å². The molecule has 0 saturated carbocycles. The predicted octanol–water partition coefficient (Wildman–Crippen LogP) is 1.49. The number of carbonyl (C=O) groups is 1. The van der Waals surface area contributed by atoms with Gasteiger partial charge in [-0.25, -0.2) is 4.98 Å². The summed E-state index contributed by atoms with van der Waals surface area (Å²) in [5.41, 5.74) is 7.71. The lowest BCUT2D eigenvalue weighted by atomic mass is 10.0. The number of nitrogens with two attached hydrogens (primary N) is 1. The van der Waals surface area contributed by atoms with Gasteiger partial charge in [-0.1, -0.05) is 13.8 Å². The topological polar surface area (TPSA) is 59.2 Å². The molecule has 0 fully saturated rings. The summed E-state index contributed by atoms with van der Waals surface area (Å²) in [6.07, 6.45) is 1.63. The molecule has 82 valence electrons. The summed E-state index contributed by atoms with van der Waals surface area (Å²) in [5.74, 6) is 0.136. The number of pyridine rings is 1. The number of aromatic nitrogens is 1. The highest BCUT2D eigenvalue weighted by molar-refractivity contribution is 5.97. The molecule has 0 aliphatic rings. The summed E-state index contributed by atoms with van der Waals surface area (Å²) in [6, 6.07) is 1.85. The van der Waals surface area contributed by atoms with Crippen molar-refractivity contribution in [2.75, 3.05) is 19.8 Å². The number of carbonyl (C=O) groups excluding carboxylic acids is 1. The lowest BCUT2D eigenvalue weighted by Gasteiger charge is -2.15. The van der Waals surface area contributed by atoms with Gasteiger partial charge in [0.05, 0.1) is 5.69 Å². The quantitative estimate of drug-likeness (QED) is 0.799. The van der Waals surface area contributed by atoms with Crippen molar-refractivity contribution in [1.82, 2.24) is 9.88 Å². The van der Waals surface area contributed by atoms with Gasteiger partial charge >= 0.3 is 0 Å². The molecular formula is C11H17N3O. The minimum atomic E-state index is -0.157. The van der Waals surface area contributed by atoms with Crippen LogP contribution in [-0.2, 0) is 0 Å². The van der Waals surface area contributed by atoms with Gasteiger partial charge in [-0.3, -0.25) is 4.79 Å². The van der Waals surface area contributed by atoms with Crippen molar-refractivity contribution in [3.05, 3.63) is 23.5 Å². The Bertz CT molecular complexity index is 372. The second-order valence-corrected chi connectivity index (χ2v) is 4.02. The predicted molar refractivity (Wildman–Crippen MR) is 60.8 cm³/mol. The minimum absolute atomic E-state index is 0.157. The van der Waals surface area contributed by atoms with E-state index >= 15 is 0 Å². The molecule has 1 amide bonds. The first-order chi connectivity index (χ1) is 6.95. The van der Waals surface area contributed by atoms with Crippen molar-refractivity contribution >= 4 is 11.6 Å². The maximum absolute atomic E-state index is 11.7. The van der Waals surface area contributed by atoms with Gasteiger partial charge in [-0.15, -0.1) is 0 Å². The molecule has 0 saturated heterocycles. The van der Waals surface area contributed by atoms with Crippen LogP contribution in [0.4, 0.5) is 5.69 Å². The smallest absolute Gasteiger partial charge is 0.274 e. The van der Waals surface area contributed by atoms with E-state index in [2.05, 4.69) is 4.98 Å². The van der Waals surface area contributed by atoms with E-state index in [1.807, 2.05) is 19.9 Å². The van der Waals surface area contributed by atoms with E-state index in [9.17, 15) is 4.79 Å². The SMILES string of the molecule is CC(C)c1ccnc(C(=O)N(C)C)c1N. The Labute approximate surface area is 90.1 Å². The number of nitrogens with zero attached hydrogens (tertiary/aromatic N) is 2. The van der Waals surface area contributed by atoms with Crippen molar-refractivity contribution in [2.45, 2.75) is 19.8 Å². The summed E-state index contributed by atoms with van der Waals surface area (Å²) in [5, 5.41) is 0. The van der Waals surface area contributed by atoms with E-state index in [-0.39, 0.29) is 5.91 Å². The van der Waals surface area contributed by atoms with Gasteiger partial charge in [0.1, 0.15) is 0 Å². The molecule has 2 N–H and O–H groups in total. The van der Waals surface area contributed by atoms with Crippen LogP contribution in [0.3, 0.4) is 0 Å². The van der Waals surface area contributed by atoms with E-state index < -0.39 is 0 Å². The zero-order valence-electron chi connectivity index (χ0n) is 9.61. The number of amides is 1. The molecule has 0 aromatic carbocycles. The molecule has 0 aliphatic heterocycles. The molecule has 0 radical (unpaired) electrons. The minimum Gasteiger partial charge on any atom is -0.397 e. The standard InChI is InChI=1S/C11H17N3O/c1-7(2)8-5-6-13-10(9(8)12)11(15)14(3)4/h5-7H,12H2,1-4H3. The van der Waals surface area contributed by atoms with Crippen LogP contribution in [0.5, 0.6) is 0 Å². The molecule has 0 atom stereocenters. The molecule has 4 heteroatoms. The first kappa shape index (κ1) is 11.5. The van der Waals surface area contributed by atoms with Crippen LogP contribution in [0.15, 0.2) is 12.3 Å². The highest BCUT2D eigenvalue weighted by Crippen LogP contribution is 2.23. The van der Waals surface area contributed by atoms with Crippen LogP contribution in [-0.4, -0.2) is 29.9 Å². The van der Waals surface area contributed by atoms with Crippen LogP contribution in [0, 0.1) is 0 Å². The fourth-order valence-electron chi connectivity index (χ4n) is 1.37. The van der Waals surface area contributed by atoms with Crippen molar-refractivity contribution in [2.24, 2.45) is 0 Å². The Balaban J connectivity index is 3.21. The van der Waals surface area contributed by atoms with Gasteiger partial charge in [0, 0.05) is 20.3 Å². The van der Waals surface area contributed by atoms with Crippen LogP contribution >= 0.6 is 0 Å². The van der Waals surface area contributed by atoms with Gasteiger partial charge in [-0.2, -0.15) is 0 Å². The number of hydrogen-bond acceptors (Lipinski definition) is 3. The van der Waals surface area contributed by atoms with Crippen molar-refractivity contribution in [3.8, 4) is 0 Å². The molecule has 1 heterocycles.